The molecule has 2 aromatic rings. The van der Waals surface area contributed by atoms with Crippen molar-refractivity contribution in [3.63, 3.8) is 0 Å². The van der Waals surface area contributed by atoms with Gasteiger partial charge < -0.3 is 15.4 Å². The first kappa shape index (κ1) is 18.1. The lowest BCUT2D eigenvalue weighted by atomic mass is 10.1. The van der Waals surface area contributed by atoms with Crippen molar-refractivity contribution in [3.8, 4) is 0 Å². The Bertz CT molecular complexity index is 733. The quantitative estimate of drug-likeness (QED) is 0.810. The van der Waals surface area contributed by atoms with Crippen molar-refractivity contribution in [2.24, 2.45) is 5.73 Å². The summed E-state index contributed by atoms with van der Waals surface area (Å²) in [5.74, 6) is -0.542. The Morgan fingerprint density at radius 3 is 2.31 bits per heavy atom. The maximum Gasteiger partial charge on any atom is 0.329 e. The molecule has 5 nitrogen and oxygen atoms in total. The number of esters is 1. The summed E-state index contributed by atoms with van der Waals surface area (Å²) in [5.41, 5.74) is 8.05. The van der Waals surface area contributed by atoms with Gasteiger partial charge in [0.15, 0.2) is 0 Å². The highest BCUT2D eigenvalue weighted by Crippen LogP contribution is 2.20. The Morgan fingerprint density at radius 1 is 1.04 bits per heavy atom. The fourth-order valence-electron chi connectivity index (χ4n) is 3.27. The Balaban J connectivity index is 1.58. The molecule has 5 heteroatoms. The third-order valence-corrected chi connectivity index (χ3v) is 4.65. The minimum atomic E-state index is -0.653. The van der Waals surface area contributed by atoms with E-state index in [1.54, 1.807) is 4.90 Å². The zero-order valence-corrected chi connectivity index (χ0v) is 14.7. The first-order chi connectivity index (χ1) is 12.6. The van der Waals surface area contributed by atoms with Gasteiger partial charge in [-0.25, -0.2) is 4.79 Å². The minimum Gasteiger partial charge on any atom is -0.459 e. The van der Waals surface area contributed by atoms with Crippen LogP contribution in [0, 0.1) is 0 Å². The average Bonchev–Trinajstić information content (AvgIpc) is 3.17. The number of ether oxygens (including phenoxy) is 1. The number of carbonyl (C=O) groups excluding carboxylic acids is 2. The topological polar surface area (TPSA) is 72.6 Å². The smallest absolute Gasteiger partial charge is 0.329 e. The summed E-state index contributed by atoms with van der Waals surface area (Å²) in [5, 5.41) is 0. The van der Waals surface area contributed by atoms with Gasteiger partial charge in [0.2, 0.25) is 5.91 Å². The maximum atomic E-state index is 12.7. The lowest BCUT2D eigenvalue weighted by Crippen LogP contribution is -2.49. The molecule has 1 aliphatic heterocycles. The zero-order chi connectivity index (χ0) is 18.4. The summed E-state index contributed by atoms with van der Waals surface area (Å²) in [6.07, 6.45) is 1.87. The fourth-order valence-corrected chi connectivity index (χ4v) is 3.27. The Morgan fingerprint density at radius 2 is 1.65 bits per heavy atom. The number of carbonyl (C=O) groups is 2. The van der Waals surface area contributed by atoms with Gasteiger partial charge >= 0.3 is 5.97 Å². The summed E-state index contributed by atoms with van der Waals surface area (Å²) in [6.45, 7) is 0.765. The van der Waals surface area contributed by atoms with Crippen LogP contribution in [0.25, 0.3) is 0 Å². The van der Waals surface area contributed by atoms with E-state index in [0.29, 0.717) is 19.4 Å². The molecule has 2 aromatic carbocycles. The van der Waals surface area contributed by atoms with E-state index in [-0.39, 0.29) is 18.5 Å². The van der Waals surface area contributed by atoms with Crippen LogP contribution in [0.4, 0.5) is 0 Å². The number of rotatable bonds is 6. The molecule has 1 fully saturated rings. The normalized spacial score (nSPS) is 17.7. The van der Waals surface area contributed by atoms with E-state index in [9.17, 15) is 9.59 Å². The number of hydrogen-bond donors (Lipinski definition) is 1. The Hall–Kier alpha value is -2.66. The van der Waals surface area contributed by atoms with Gasteiger partial charge in [-0.2, -0.15) is 0 Å². The fraction of sp³-hybridized carbons (Fsp3) is 0.333. The highest BCUT2D eigenvalue weighted by atomic mass is 16.5. The summed E-state index contributed by atoms with van der Waals surface area (Å²) >= 11 is 0. The standard InChI is InChI=1S/C21H24N2O3/c22-18(14-16-8-3-1-4-9-16)20(24)23-13-7-12-19(23)21(25)26-15-17-10-5-2-6-11-17/h1-6,8-11,18-19H,7,12-15,22H2/t18-,19+/m0/s1. The van der Waals surface area contributed by atoms with Crippen LogP contribution >= 0.6 is 0 Å². The third kappa shape index (κ3) is 4.49. The van der Waals surface area contributed by atoms with Crippen LogP contribution in [0.3, 0.4) is 0 Å². The van der Waals surface area contributed by atoms with Gasteiger partial charge in [0.1, 0.15) is 12.6 Å². The van der Waals surface area contributed by atoms with Crippen molar-refractivity contribution in [2.45, 2.75) is 38.0 Å². The lowest BCUT2D eigenvalue weighted by Gasteiger charge is -2.26. The average molecular weight is 352 g/mol. The van der Waals surface area contributed by atoms with E-state index in [1.807, 2.05) is 60.7 Å². The minimum absolute atomic E-state index is 0.187. The van der Waals surface area contributed by atoms with E-state index in [2.05, 4.69) is 0 Å². The highest BCUT2D eigenvalue weighted by molar-refractivity contribution is 5.88. The van der Waals surface area contributed by atoms with Crippen LogP contribution in [-0.2, 0) is 27.4 Å². The number of amides is 1. The van der Waals surface area contributed by atoms with Gasteiger partial charge in [-0.1, -0.05) is 60.7 Å². The number of benzene rings is 2. The highest BCUT2D eigenvalue weighted by Gasteiger charge is 2.37. The predicted octanol–water partition coefficient (Wildman–Crippen LogP) is 2.29. The van der Waals surface area contributed by atoms with Gasteiger partial charge in [0.05, 0.1) is 6.04 Å². The number of likely N-dealkylation sites (tertiary alicyclic amines) is 1. The van der Waals surface area contributed by atoms with E-state index < -0.39 is 12.1 Å². The van der Waals surface area contributed by atoms with Gasteiger partial charge in [-0.15, -0.1) is 0 Å². The van der Waals surface area contributed by atoms with Crippen molar-refractivity contribution >= 4 is 11.9 Å². The van der Waals surface area contributed by atoms with Gasteiger partial charge in [0, 0.05) is 6.54 Å². The SMILES string of the molecule is N[C@@H](Cc1ccccc1)C(=O)N1CCC[C@@H]1C(=O)OCc1ccccc1. The molecule has 1 amide bonds. The van der Waals surface area contributed by atoms with E-state index in [4.69, 9.17) is 10.5 Å². The molecule has 2 atom stereocenters. The van der Waals surface area contributed by atoms with Crippen LogP contribution in [0.2, 0.25) is 0 Å². The van der Waals surface area contributed by atoms with Crippen LogP contribution in [0.5, 0.6) is 0 Å². The third-order valence-electron chi connectivity index (χ3n) is 4.65. The number of hydrogen-bond acceptors (Lipinski definition) is 4. The summed E-state index contributed by atoms with van der Waals surface area (Å²) in [4.78, 5) is 26.8. The van der Waals surface area contributed by atoms with Crippen LogP contribution in [-0.4, -0.2) is 35.4 Å². The molecule has 0 radical (unpaired) electrons. The molecule has 2 N–H and O–H groups in total. The molecule has 1 aliphatic rings. The lowest BCUT2D eigenvalue weighted by molar-refractivity contribution is -0.154. The summed E-state index contributed by atoms with van der Waals surface area (Å²) < 4.78 is 5.42. The molecular weight excluding hydrogens is 328 g/mol. The molecule has 0 aliphatic carbocycles. The molecule has 0 saturated carbocycles. The van der Waals surface area contributed by atoms with Crippen molar-refractivity contribution in [3.05, 3.63) is 71.8 Å². The van der Waals surface area contributed by atoms with E-state index in [0.717, 1.165) is 17.5 Å². The second kappa shape index (κ2) is 8.63. The Kier molecular flexibility index (Phi) is 6.02. The second-order valence-corrected chi connectivity index (χ2v) is 6.58. The molecule has 3 rings (SSSR count). The predicted molar refractivity (Wildman–Crippen MR) is 99.1 cm³/mol. The molecule has 1 saturated heterocycles. The zero-order valence-electron chi connectivity index (χ0n) is 14.7. The van der Waals surface area contributed by atoms with E-state index >= 15 is 0 Å². The molecule has 136 valence electrons. The first-order valence-corrected chi connectivity index (χ1v) is 8.95. The molecule has 26 heavy (non-hydrogen) atoms. The number of nitrogens with two attached hydrogens (primary N) is 1. The van der Waals surface area contributed by atoms with Crippen molar-refractivity contribution < 1.29 is 14.3 Å². The van der Waals surface area contributed by atoms with Gasteiger partial charge in [-0.3, -0.25) is 4.79 Å². The molecule has 0 bridgehead atoms. The van der Waals surface area contributed by atoms with Crippen molar-refractivity contribution in [2.75, 3.05) is 6.54 Å². The molecule has 1 heterocycles. The van der Waals surface area contributed by atoms with E-state index in [1.165, 1.54) is 0 Å². The monoisotopic (exact) mass is 352 g/mol. The maximum absolute atomic E-state index is 12.7. The largest absolute Gasteiger partial charge is 0.459 e. The number of nitrogens with zero attached hydrogens (tertiary/aromatic N) is 1. The van der Waals surface area contributed by atoms with Crippen LogP contribution in [0.15, 0.2) is 60.7 Å². The van der Waals surface area contributed by atoms with Gasteiger partial charge in [0.25, 0.3) is 0 Å². The summed E-state index contributed by atoms with van der Waals surface area (Å²) in [6, 6.07) is 18.0. The second-order valence-electron chi connectivity index (χ2n) is 6.58. The van der Waals surface area contributed by atoms with Crippen LogP contribution < -0.4 is 5.73 Å². The molecular formula is C21H24N2O3. The molecule has 0 aromatic heterocycles. The first-order valence-electron chi connectivity index (χ1n) is 8.95. The van der Waals surface area contributed by atoms with Crippen molar-refractivity contribution in [1.82, 2.24) is 4.90 Å². The summed E-state index contributed by atoms with van der Waals surface area (Å²) in [7, 11) is 0. The van der Waals surface area contributed by atoms with Crippen LogP contribution in [0.1, 0.15) is 24.0 Å². The molecule has 0 spiro atoms. The van der Waals surface area contributed by atoms with Crippen molar-refractivity contribution in [1.29, 1.82) is 0 Å². The Labute approximate surface area is 153 Å². The van der Waals surface area contributed by atoms with Gasteiger partial charge in [-0.05, 0) is 30.4 Å². The molecule has 0 unspecified atom stereocenters.